The van der Waals surface area contributed by atoms with Crippen molar-refractivity contribution in [1.29, 1.82) is 0 Å². The maximum atomic E-state index is 3.24. The number of nitrogens with one attached hydrogen (secondary N) is 1. The third-order valence-electron chi connectivity index (χ3n) is 4.35. The molecular formula is C15H32N2. The normalized spacial score (nSPS) is 26.5. The van der Waals surface area contributed by atoms with Gasteiger partial charge in [-0.05, 0) is 57.8 Å². The van der Waals surface area contributed by atoms with E-state index in [2.05, 4.69) is 38.0 Å². The van der Waals surface area contributed by atoms with Gasteiger partial charge in [0.15, 0.2) is 0 Å². The molecule has 0 aromatic heterocycles. The molecule has 1 saturated carbocycles. The second-order valence-electron chi connectivity index (χ2n) is 6.76. The molecule has 1 rings (SSSR count). The first-order valence-electron chi connectivity index (χ1n) is 7.31. The first-order valence-corrected chi connectivity index (χ1v) is 7.31. The summed E-state index contributed by atoms with van der Waals surface area (Å²) in [5, 5.41) is 3.24. The fraction of sp³-hybridized carbons (Fsp3) is 1.00. The quantitative estimate of drug-likeness (QED) is 0.743. The Morgan fingerprint density at radius 3 is 2.41 bits per heavy atom. The minimum Gasteiger partial charge on any atom is -0.320 e. The van der Waals surface area contributed by atoms with Crippen LogP contribution in [-0.4, -0.2) is 38.1 Å². The van der Waals surface area contributed by atoms with Crippen LogP contribution in [0.15, 0.2) is 0 Å². The van der Waals surface area contributed by atoms with E-state index in [9.17, 15) is 0 Å². The number of hydrogen-bond acceptors (Lipinski definition) is 2. The molecule has 2 atom stereocenters. The Morgan fingerprint density at radius 2 is 1.82 bits per heavy atom. The third-order valence-corrected chi connectivity index (χ3v) is 4.35. The van der Waals surface area contributed by atoms with E-state index in [1.54, 1.807) is 0 Å². The average Bonchev–Trinajstić information content (AvgIpc) is 2.28. The SMILES string of the molecule is CNCCCN(C)C1CCCCC1C(C)(C)C. The van der Waals surface area contributed by atoms with Crippen LogP contribution >= 0.6 is 0 Å². The molecule has 1 aliphatic carbocycles. The first kappa shape index (κ1) is 15.0. The highest BCUT2D eigenvalue weighted by Crippen LogP contribution is 2.39. The summed E-state index contributed by atoms with van der Waals surface area (Å²) in [4.78, 5) is 2.62. The van der Waals surface area contributed by atoms with Gasteiger partial charge in [0.2, 0.25) is 0 Å². The summed E-state index contributed by atoms with van der Waals surface area (Å²) in [6.45, 7) is 9.61. The third kappa shape index (κ3) is 4.59. The van der Waals surface area contributed by atoms with Crippen molar-refractivity contribution in [2.75, 3.05) is 27.2 Å². The largest absolute Gasteiger partial charge is 0.320 e. The molecular weight excluding hydrogens is 208 g/mol. The van der Waals surface area contributed by atoms with Gasteiger partial charge < -0.3 is 10.2 Å². The van der Waals surface area contributed by atoms with E-state index in [0.29, 0.717) is 5.41 Å². The molecule has 0 saturated heterocycles. The van der Waals surface area contributed by atoms with E-state index >= 15 is 0 Å². The molecule has 2 nitrogen and oxygen atoms in total. The standard InChI is InChI=1S/C15H32N2/c1-15(2,3)13-9-6-7-10-14(13)17(5)12-8-11-16-4/h13-14,16H,6-12H2,1-5H3. The summed E-state index contributed by atoms with van der Waals surface area (Å²) < 4.78 is 0. The molecule has 0 aliphatic heterocycles. The molecule has 2 heteroatoms. The lowest BCUT2D eigenvalue weighted by Crippen LogP contribution is -2.45. The lowest BCUT2D eigenvalue weighted by atomic mass is 9.69. The van der Waals surface area contributed by atoms with Crippen molar-refractivity contribution in [3.05, 3.63) is 0 Å². The highest BCUT2D eigenvalue weighted by Gasteiger charge is 2.35. The highest BCUT2D eigenvalue weighted by atomic mass is 15.1. The van der Waals surface area contributed by atoms with Crippen LogP contribution in [0.5, 0.6) is 0 Å². The van der Waals surface area contributed by atoms with E-state index in [4.69, 9.17) is 0 Å². The minimum atomic E-state index is 0.461. The van der Waals surface area contributed by atoms with Crippen molar-refractivity contribution in [1.82, 2.24) is 10.2 Å². The Balaban J connectivity index is 2.52. The predicted molar refractivity (Wildman–Crippen MR) is 76.4 cm³/mol. The Kier molecular flexibility index (Phi) is 5.94. The van der Waals surface area contributed by atoms with Crippen molar-refractivity contribution in [2.24, 2.45) is 11.3 Å². The van der Waals surface area contributed by atoms with Gasteiger partial charge in [0.1, 0.15) is 0 Å². The number of rotatable bonds is 5. The van der Waals surface area contributed by atoms with E-state index in [1.807, 2.05) is 7.05 Å². The van der Waals surface area contributed by atoms with Crippen molar-refractivity contribution < 1.29 is 0 Å². The maximum absolute atomic E-state index is 3.24. The highest BCUT2D eigenvalue weighted by molar-refractivity contribution is 4.88. The molecule has 0 aromatic carbocycles. The fourth-order valence-corrected chi connectivity index (χ4v) is 3.32. The predicted octanol–water partition coefficient (Wildman–Crippen LogP) is 3.13. The summed E-state index contributed by atoms with van der Waals surface area (Å²) in [6.07, 6.45) is 6.94. The van der Waals surface area contributed by atoms with Crippen LogP contribution in [0.25, 0.3) is 0 Å². The van der Waals surface area contributed by atoms with Gasteiger partial charge in [0.25, 0.3) is 0 Å². The second-order valence-corrected chi connectivity index (χ2v) is 6.76. The van der Waals surface area contributed by atoms with Gasteiger partial charge in [-0.3, -0.25) is 0 Å². The number of hydrogen-bond donors (Lipinski definition) is 1. The summed E-state index contributed by atoms with van der Waals surface area (Å²) in [6, 6.07) is 0.806. The van der Waals surface area contributed by atoms with Crippen LogP contribution in [0.1, 0.15) is 52.9 Å². The molecule has 0 spiro atoms. The van der Waals surface area contributed by atoms with Crippen LogP contribution in [0.3, 0.4) is 0 Å². The molecule has 0 heterocycles. The summed E-state index contributed by atoms with van der Waals surface area (Å²) >= 11 is 0. The average molecular weight is 240 g/mol. The van der Waals surface area contributed by atoms with Crippen molar-refractivity contribution in [2.45, 2.75) is 58.9 Å². The van der Waals surface area contributed by atoms with Crippen molar-refractivity contribution in [3.8, 4) is 0 Å². The van der Waals surface area contributed by atoms with Gasteiger partial charge in [0, 0.05) is 6.04 Å². The molecule has 0 bridgehead atoms. The molecule has 0 radical (unpaired) electrons. The van der Waals surface area contributed by atoms with Crippen LogP contribution in [0, 0.1) is 11.3 Å². The molecule has 0 aromatic rings. The van der Waals surface area contributed by atoms with E-state index in [0.717, 1.165) is 18.5 Å². The topological polar surface area (TPSA) is 15.3 Å². The van der Waals surface area contributed by atoms with E-state index < -0.39 is 0 Å². The van der Waals surface area contributed by atoms with Crippen LogP contribution in [0.4, 0.5) is 0 Å². The van der Waals surface area contributed by atoms with Gasteiger partial charge in [-0.25, -0.2) is 0 Å². The maximum Gasteiger partial charge on any atom is 0.0125 e. The zero-order valence-corrected chi connectivity index (χ0v) is 12.6. The van der Waals surface area contributed by atoms with E-state index in [-0.39, 0.29) is 0 Å². The van der Waals surface area contributed by atoms with Crippen LogP contribution in [-0.2, 0) is 0 Å². The van der Waals surface area contributed by atoms with Gasteiger partial charge in [-0.15, -0.1) is 0 Å². The summed E-state index contributed by atoms with van der Waals surface area (Å²) in [7, 11) is 4.36. The Labute approximate surface area is 108 Å². The lowest BCUT2D eigenvalue weighted by Gasteiger charge is -2.44. The van der Waals surface area contributed by atoms with Crippen LogP contribution in [0.2, 0.25) is 0 Å². The zero-order valence-electron chi connectivity index (χ0n) is 12.6. The molecule has 102 valence electrons. The van der Waals surface area contributed by atoms with E-state index in [1.165, 1.54) is 38.6 Å². The first-order chi connectivity index (χ1) is 7.96. The fourth-order valence-electron chi connectivity index (χ4n) is 3.32. The van der Waals surface area contributed by atoms with Crippen molar-refractivity contribution in [3.63, 3.8) is 0 Å². The Hall–Kier alpha value is -0.0800. The smallest absolute Gasteiger partial charge is 0.0125 e. The molecule has 1 fully saturated rings. The zero-order chi connectivity index (χ0) is 12.9. The second kappa shape index (κ2) is 6.75. The molecule has 2 unspecified atom stereocenters. The van der Waals surface area contributed by atoms with Gasteiger partial charge in [0.05, 0.1) is 0 Å². The molecule has 0 amide bonds. The summed E-state index contributed by atoms with van der Waals surface area (Å²) in [5.74, 6) is 0.871. The van der Waals surface area contributed by atoms with Gasteiger partial charge >= 0.3 is 0 Å². The van der Waals surface area contributed by atoms with Gasteiger partial charge in [-0.2, -0.15) is 0 Å². The Bertz CT molecular complexity index is 207. The molecule has 1 N–H and O–H groups in total. The van der Waals surface area contributed by atoms with Crippen molar-refractivity contribution >= 4 is 0 Å². The molecule has 17 heavy (non-hydrogen) atoms. The molecule has 1 aliphatic rings. The summed E-state index contributed by atoms with van der Waals surface area (Å²) in [5.41, 5.74) is 0.461. The number of nitrogens with zero attached hydrogens (tertiary/aromatic N) is 1. The van der Waals surface area contributed by atoms with Crippen LogP contribution < -0.4 is 5.32 Å². The minimum absolute atomic E-state index is 0.461. The van der Waals surface area contributed by atoms with Gasteiger partial charge in [-0.1, -0.05) is 33.6 Å². The monoisotopic (exact) mass is 240 g/mol. The Morgan fingerprint density at radius 1 is 1.18 bits per heavy atom. The lowest BCUT2D eigenvalue weighted by molar-refractivity contribution is 0.0564.